The first-order valence-corrected chi connectivity index (χ1v) is 8.19. The number of nitrogens with one attached hydrogen (secondary N) is 1. The maximum atomic E-state index is 13.8. The summed E-state index contributed by atoms with van der Waals surface area (Å²) in [5.74, 6) is 0.569. The van der Waals surface area contributed by atoms with E-state index in [0.29, 0.717) is 5.52 Å². The van der Waals surface area contributed by atoms with Crippen LogP contribution in [0.2, 0.25) is 0 Å². The molecule has 1 aromatic heterocycles. The van der Waals surface area contributed by atoms with E-state index in [1.807, 2.05) is 0 Å². The molecule has 3 heterocycles. The molecule has 2 aliphatic heterocycles. The van der Waals surface area contributed by atoms with E-state index >= 15 is 0 Å². The number of halogens is 1. The summed E-state index contributed by atoms with van der Waals surface area (Å²) in [5.41, 5.74) is 0.856. The summed E-state index contributed by atoms with van der Waals surface area (Å²) in [6, 6.07) is 3.07. The predicted molar refractivity (Wildman–Crippen MR) is 87.3 cm³/mol. The summed E-state index contributed by atoms with van der Waals surface area (Å²) in [5, 5.41) is 4.29. The molecule has 2 aliphatic rings. The van der Waals surface area contributed by atoms with Crippen molar-refractivity contribution < 1.29 is 9.13 Å². The maximum absolute atomic E-state index is 13.8. The van der Waals surface area contributed by atoms with Gasteiger partial charge in [-0.15, -0.1) is 0 Å². The molecule has 0 spiro atoms. The summed E-state index contributed by atoms with van der Waals surface area (Å²) in [6.45, 7) is 3.27. The molecular formula is C17H21FN4O. The maximum Gasteiger partial charge on any atom is 0.167 e. The van der Waals surface area contributed by atoms with Crippen LogP contribution in [0.25, 0.3) is 10.9 Å². The van der Waals surface area contributed by atoms with Gasteiger partial charge in [0.1, 0.15) is 12.1 Å². The molecule has 6 heteroatoms. The molecule has 0 radical (unpaired) electrons. The average molecular weight is 316 g/mol. The Morgan fingerprint density at radius 2 is 2.04 bits per heavy atom. The number of ether oxygens (including phenoxy) is 1. The molecule has 0 amide bonds. The van der Waals surface area contributed by atoms with Gasteiger partial charge in [0.05, 0.1) is 12.6 Å². The second-order valence-electron chi connectivity index (χ2n) is 6.50. The van der Waals surface area contributed by atoms with Gasteiger partial charge in [0.2, 0.25) is 0 Å². The van der Waals surface area contributed by atoms with Crippen LogP contribution >= 0.6 is 0 Å². The summed E-state index contributed by atoms with van der Waals surface area (Å²) in [7, 11) is 1.47. The van der Waals surface area contributed by atoms with E-state index in [1.54, 1.807) is 6.07 Å². The summed E-state index contributed by atoms with van der Waals surface area (Å²) in [6.07, 6.45) is 6.49. The molecule has 2 saturated heterocycles. The Kier molecular flexibility index (Phi) is 3.56. The van der Waals surface area contributed by atoms with Crippen LogP contribution in [0.1, 0.15) is 25.7 Å². The second kappa shape index (κ2) is 5.60. The van der Waals surface area contributed by atoms with Crippen molar-refractivity contribution in [2.75, 3.05) is 32.1 Å². The van der Waals surface area contributed by atoms with Crippen molar-refractivity contribution in [1.29, 1.82) is 0 Å². The monoisotopic (exact) mass is 316 g/mol. The van der Waals surface area contributed by atoms with Crippen molar-refractivity contribution in [2.45, 2.75) is 31.2 Å². The molecule has 0 unspecified atom stereocenters. The smallest absolute Gasteiger partial charge is 0.167 e. The Morgan fingerprint density at radius 1 is 1.26 bits per heavy atom. The third-order valence-corrected chi connectivity index (χ3v) is 5.30. The van der Waals surface area contributed by atoms with Crippen molar-refractivity contribution >= 4 is 16.7 Å². The zero-order valence-electron chi connectivity index (χ0n) is 13.3. The number of aromatic nitrogens is 2. The van der Waals surface area contributed by atoms with Gasteiger partial charge in [0, 0.05) is 23.5 Å². The van der Waals surface area contributed by atoms with Crippen LogP contribution < -0.4 is 10.1 Å². The Bertz CT molecular complexity index is 726. The Labute approximate surface area is 134 Å². The summed E-state index contributed by atoms with van der Waals surface area (Å²) < 4.78 is 18.9. The minimum Gasteiger partial charge on any atom is -0.494 e. The van der Waals surface area contributed by atoms with Crippen LogP contribution in [-0.4, -0.2) is 47.2 Å². The number of anilines is 1. The molecular weight excluding hydrogens is 295 g/mol. The first-order chi connectivity index (χ1) is 11.2. The van der Waals surface area contributed by atoms with Crippen LogP contribution in [0.15, 0.2) is 18.5 Å². The summed E-state index contributed by atoms with van der Waals surface area (Å²) in [4.78, 5) is 11.1. The average Bonchev–Trinajstić information content (AvgIpc) is 3.12. The third kappa shape index (κ3) is 2.41. The van der Waals surface area contributed by atoms with E-state index in [9.17, 15) is 4.39 Å². The molecule has 2 fully saturated rings. The molecule has 4 rings (SSSR count). The van der Waals surface area contributed by atoms with Crippen molar-refractivity contribution in [2.24, 2.45) is 0 Å². The van der Waals surface area contributed by atoms with Gasteiger partial charge in [0.15, 0.2) is 11.6 Å². The molecule has 0 aliphatic carbocycles. The zero-order chi connectivity index (χ0) is 15.9. The Balaban J connectivity index is 1.64. The van der Waals surface area contributed by atoms with Gasteiger partial charge in [-0.2, -0.15) is 0 Å². The van der Waals surface area contributed by atoms with Gasteiger partial charge in [-0.25, -0.2) is 14.4 Å². The first-order valence-electron chi connectivity index (χ1n) is 8.19. The van der Waals surface area contributed by atoms with Gasteiger partial charge in [-0.3, -0.25) is 4.90 Å². The molecule has 5 nitrogen and oxygen atoms in total. The van der Waals surface area contributed by atoms with Crippen molar-refractivity contribution in [3.63, 3.8) is 0 Å². The van der Waals surface area contributed by atoms with E-state index in [-0.39, 0.29) is 11.3 Å². The molecule has 0 atom stereocenters. The fraction of sp³-hybridized carbons (Fsp3) is 0.529. The minimum absolute atomic E-state index is 0.219. The number of hydrogen-bond donors (Lipinski definition) is 1. The molecule has 0 saturated carbocycles. The lowest BCUT2D eigenvalue weighted by Gasteiger charge is -2.32. The first kappa shape index (κ1) is 14.6. The van der Waals surface area contributed by atoms with E-state index < -0.39 is 5.82 Å². The highest BCUT2D eigenvalue weighted by atomic mass is 19.1. The number of hydrogen-bond acceptors (Lipinski definition) is 5. The SMILES string of the molecule is COc1cc2c(NCC34CCCN3CCC4)ncnc2cc1F. The van der Waals surface area contributed by atoms with Gasteiger partial charge < -0.3 is 10.1 Å². The van der Waals surface area contributed by atoms with Gasteiger partial charge in [-0.05, 0) is 44.8 Å². The molecule has 0 bridgehead atoms. The second-order valence-corrected chi connectivity index (χ2v) is 6.50. The van der Waals surface area contributed by atoms with Crippen LogP contribution in [0.3, 0.4) is 0 Å². The van der Waals surface area contributed by atoms with E-state index in [1.165, 1.54) is 58.3 Å². The lowest BCUT2D eigenvalue weighted by molar-refractivity contribution is 0.209. The van der Waals surface area contributed by atoms with Gasteiger partial charge in [0.25, 0.3) is 0 Å². The van der Waals surface area contributed by atoms with Gasteiger partial charge in [-0.1, -0.05) is 0 Å². The molecule has 122 valence electrons. The Morgan fingerprint density at radius 3 is 2.78 bits per heavy atom. The number of nitrogens with zero attached hydrogens (tertiary/aromatic N) is 3. The number of rotatable bonds is 4. The lowest BCUT2D eigenvalue weighted by atomic mass is 9.94. The number of benzene rings is 1. The highest BCUT2D eigenvalue weighted by molar-refractivity contribution is 5.90. The topological polar surface area (TPSA) is 50.3 Å². The van der Waals surface area contributed by atoms with Crippen molar-refractivity contribution in [3.8, 4) is 5.75 Å². The van der Waals surface area contributed by atoms with Crippen LogP contribution in [-0.2, 0) is 0 Å². The quantitative estimate of drug-likeness (QED) is 0.940. The molecule has 23 heavy (non-hydrogen) atoms. The standard InChI is InChI=1S/C17H21FN4O/c1-23-15-8-12-14(9-13(15)18)20-11-21-16(12)19-10-17-4-2-6-22(17)7-3-5-17/h8-9,11H,2-7,10H2,1H3,(H,19,20,21). The highest BCUT2D eigenvalue weighted by Gasteiger charge is 2.43. The van der Waals surface area contributed by atoms with Crippen LogP contribution in [0, 0.1) is 5.82 Å². The fourth-order valence-corrected chi connectivity index (χ4v) is 4.12. The minimum atomic E-state index is -0.402. The van der Waals surface area contributed by atoms with E-state index in [2.05, 4.69) is 20.2 Å². The highest BCUT2D eigenvalue weighted by Crippen LogP contribution is 2.39. The zero-order valence-corrected chi connectivity index (χ0v) is 13.3. The summed E-state index contributed by atoms with van der Waals surface area (Å²) >= 11 is 0. The number of methoxy groups -OCH3 is 1. The Hall–Kier alpha value is -1.95. The molecule has 1 aromatic carbocycles. The third-order valence-electron chi connectivity index (χ3n) is 5.30. The largest absolute Gasteiger partial charge is 0.494 e. The van der Waals surface area contributed by atoms with Crippen molar-refractivity contribution in [3.05, 3.63) is 24.3 Å². The van der Waals surface area contributed by atoms with Gasteiger partial charge >= 0.3 is 0 Å². The lowest BCUT2D eigenvalue weighted by Crippen LogP contribution is -2.44. The number of fused-ring (bicyclic) bond motifs is 2. The van der Waals surface area contributed by atoms with E-state index in [4.69, 9.17) is 4.74 Å². The molecule has 2 aromatic rings. The van der Waals surface area contributed by atoms with Crippen molar-refractivity contribution in [1.82, 2.24) is 14.9 Å². The van der Waals surface area contributed by atoms with Crippen LogP contribution in [0.5, 0.6) is 5.75 Å². The van der Waals surface area contributed by atoms with E-state index in [0.717, 1.165) is 17.7 Å². The molecule has 1 N–H and O–H groups in total. The van der Waals surface area contributed by atoms with Crippen LogP contribution in [0.4, 0.5) is 10.2 Å². The predicted octanol–water partition coefficient (Wildman–Crippen LogP) is 2.82. The normalized spacial score (nSPS) is 19.9. The fourth-order valence-electron chi connectivity index (χ4n) is 4.12.